The van der Waals surface area contributed by atoms with Crippen LogP contribution < -0.4 is 10.5 Å². The van der Waals surface area contributed by atoms with E-state index in [0.717, 1.165) is 0 Å². The fourth-order valence-corrected chi connectivity index (χ4v) is 4.74. The summed E-state index contributed by atoms with van der Waals surface area (Å²) in [6.07, 6.45) is 0.478. The van der Waals surface area contributed by atoms with E-state index in [4.69, 9.17) is 19.9 Å². The van der Waals surface area contributed by atoms with E-state index in [2.05, 4.69) is 0 Å². The Morgan fingerprint density at radius 3 is 2.25 bits per heavy atom. The van der Waals surface area contributed by atoms with Gasteiger partial charge in [0.25, 0.3) is 0 Å². The average Bonchev–Trinajstić information content (AvgIpc) is 2.70. The van der Waals surface area contributed by atoms with Gasteiger partial charge in [0.05, 0.1) is 17.6 Å². The first kappa shape index (κ1) is 24.4. The van der Waals surface area contributed by atoms with Crippen LogP contribution in [0.15, 0.2) is 29.2 Å². The average molecular weight is 416 g/mol. The molecule has 0 radical (unpaired) electrons. The number of rotatable bonds is 8. The molecule has 0 aliphatic carbocycles. The van der Waals surface area contributed by atoms with E-state index in [1.54, 1.807) is 26.0 Å². The van der Waals surface area contributed by atoms with Crippen LogP contribution in [-0.4, -0.2) is 51.6 Å². The van der Waals surface area contributed by atoms with E-state index < -0.39 is 26.7 Å². The second-order valence-corrected chi connectivity index (χ2v) is 8.79. The van der Waals surface area contributed by atoms with Crippen LogP contribution in [0.1, 0.15) is 47.0 Å². The lowest BCUT2D eigenvalue weighted by molar-refractivity contribution is -0.153. The normalized spacial score (nSPS) is 16.1. The van der Waals surface area contributed by atoms with Crippen LogP contribution in [-0.2, 0) is 24.1 Å². The molecule has 0 amide bonds. The minimum Gasteiger partial charge on any atom is -0.494 e. The zero-order chi connectivity index (χ0) is 21.2. The molecule has 0 atom stereocenters. The minimum atomic E-state index is -3.94. The lowest BCUT2D eigenvalue weighted by atomic mass is 9.99. The minimum absolute atomic E-state index is 0.0753. The van der Waals surface area contributed by atoms with Gasteiger partial charge in [-0.05, 0) is 51.1 Å². The lowest BCUT2D eigenvalue weighted by Crippen LogP contribution is -2.52. The van der Waals surface area contributed by atoms with Crippen molar-refractivity contribution in [1.29, 1.82) is 0 Å². The molecule has 0 bridgehead atoms. The summed E-state index contributed by atoms with van der Waals surface area (Å²) in [7, 11) is -3.94. The molecule has 2 rings (SSSR count). The first-order chi connectivity index (χ1) is 13.3. The molecule has 1 aromatic carbocycles. The van der Waals surface area contributed by atoms with Gasteiger partial charge in [0.2, 0.25) is 0 Å². The van der Waals surface area contributed by atoms with Crippen molar-refractivity contribution in [2.45, 2.75) is 62.7 Å². The lowest BCUT2D eigenvalue weighted by Gasteiger charge is -2.34. The summed E-state index contributed by atoms with van der Waals surface area (Å²) < 4.78 is 41.0. The summed E-state index contributed by atoms with van der Waals surface area (Å²) in [6, 6.07) is 6.11. The van der Waals surface area contributed by atoms with Crippen molar-refractivity contribution < 1.29 is 27.4 Å². The van der Waals surface area contributed by atoms with Gasteiger partial charge in [-0.2, -0.15) is 0 Å². The van der Waals surface area contributed by atoms with E-state index in [1.165, 1.54) is 12.1 Å². The largest absolute Gasteiger partial charge is 0.494 e. The van der Waals surface area contributed by atoms with E-state index in [-0.39, 0.29) is 31.0 Å². The molecule has 1 saturated heterocycles. The molecule has 1 aliphatic rings. The third kappa shape index (κ3) is 5.68. The number of hydrogen-bond donors (Lipinski definition) is 1. The van der Waals surface area contributed by atoms with E-state index in [0.29, 0.717) is 25.3 Å². The van der Waals surface area contributed by atoms with Crippen molar-refractivity contribution >= 4 is 15.8 Å². The van der Waals surface area contributed by atoms with Gasteiger partial charge in [-0.3, -0.25) is 4.79 Å². The molecule has 8 heteroatoms. The third-order valence-electron chi connectivity index (χ3n) is 4.28. The number of benzene rings is 1. The zero-order valence-electron chi connectivity index (χ0n) is 17.3. The molecule has 0 unspecified atom stereocenters. The molecule has 7 nitrogen and oxygen atoms in total. The second kappa shape index (κ2) is 11.4. The topological polar surface area (TPSA) is 105 Å². The van der Waals surface area contributed by atoms with Gasteiger partial charge in [0, 0.05) is 26.1 Å². The second-order valence-electron chi connectivity index (χ2n) is 6.53. The number of hydrogen-bond acceptors (Lipinski definition) is 7. The van der Waals surface area contributed by atoms with Gasteiger partial charge < -0.3 is 19.9 Å². The van der Waals surface area contributed by atoms with Crippen molar-refractivity contribution in [3.63, 3.8) is 0 Å². The summed E-state index contributed by atoms with van der Waals surface area (Å²) >= 11 is 0. The molecule has 0 aromatic heterocycles. The molecule has 1 aliphatic heterocycles. The Morgan fingerprint density at radius 2 is 1.75 bits per heavy atom. The molecule has 28 heavy (non-hydrogen) atoms. The van der Waals surface area contributed by atoms with Crippen LogP contribution in [0, 0.1) is 0 Å². The van der Waals surface area contributed by atoms with Crippen LogP contribution in [0.2, 0.25) is 0 Å². The standard InChI is InChI=1S/C18H27NO6S.C2H6/c1-14(2)25-17(20)18(8-12-23-13-9-18)26(21,22)16-6-4-15(5-7-16)24-11-3-10-19;1-2/h4-7,14H,3,8-13,19H2,1-2H3;1-2H3. The number of nitrogens with two attached hydrogens (primary N) is 1. The maximum atomic E-state index is 13.3. The van der Waals surface area contributed by atoms with Gasteiger partial charge in [-0.25, -0.2) is 8.42 Å². The highest BCUT2D eigenvalue weighted by atomic mass is 32.2. The Morgan fingerprint density at radius 1 is 1.18 bits per heavy atom. The third-order valence-corrected chi connectivity index (χ3v) is 6.78. The first-order valence-electron chi connectivity index (χ1n) is 9.80. The first-order valence-corrected chi connectivity index (χ1v) is 11.3. The van der Waals surface area contributed by atoms with Crippen molar-refractivity contribution in [3.05, 3.63) is 24.3 Å². The van der Waals surface area contributed by atoms with E-state index >= 15 is 0 Å². The van der Waals surface area contributed by atoms with Crippen LogP contribution in [0.25, 0.3) is 0 Å². The number of carbonyl (C=O) groups excluding carboxylic acids is 1. The Balaban J connectivity index is 0.00000190. The molecule has 0 spiro atoms. The molecule has 1 aromatic rings. The van der Waals surface area contributed by atoms with Crippen molar-refractivity contribution in [2.75, 3.05) is 26.4 Å². The summed E-state index contributed by atoms with van der Waals surface area (Å²) in [5.41, 5.74) is 5.42. The predicted octanol–water partition coefficient (Wildman–Crippen LogP) is 2.71. The fourth-order valence-electron chi connectivity index (χ4n) is 2.82. The summed E-state index contributed by atoms with van der Waals surface area (Å²) in [6.45, 7) is 8.79. The smallest absolute Gasteiger partial charge is 0.328 e. The number of carbonyl (C=O) groups is 1. The number of sulfone groups is 1. The highest BCUT2D eigenvalue weighted by Crippen LogP contribution is 2.37. The molecular formula is C20H33NO6S. The maximum Gasteiger partial charge on any atom is 0.328 e. The summed E-state index contributed by atoms with van der Waals surface area (Å²) in [5.74, 6) is -0.151. The molecular weight excluding hydrogens is 382 g/mol. The van der Waals surface area contributed by atoms with E-state index in [9.17, 15) is 13.2 Å². The van der Waals surface area contributed by atoms with Crippen LogP contribution >= 0.6 is 0 Å². The maximum absolute atomic E-state index is 13.3. The highest BCUT2D eigenvalue weighted by Gasteiger charge is 2.53. The molecule has 2 N–H and O–H groups in total. The SMILES string of the molecule is CC.CC(C)OC(=O)C1(S(=O)(=O)c2ccc(OCCCN)cc2)CCOCC1. The van der Waals surface area contributed by atoms with Crippen molar-refractivity contribution in [1.82, 2.24) is 0 Å². The Bertz CT molecular complexity index is 694. The number of ether oxygens (including phenoxy) is 3. The molecule has 1 heterocycles. The number of esters is 1. The predicted molar refractivity (Wildman–Crippen MR) is 108 cm³/mol. The van der Waals surface area contributed by atoms with Gasteiger partial charge in [-0.1, -0.05) is 13.8 Å². The van der Waals surface area contributed by atoms with Gasteiger partial charge in [-0.15, -0.1) is 0 Å². The fraction of sp³-hybridized carbons (Fsp3) is 0.650. The summed E-state index contributed by atoms with van der Waals surface area (Å²) in [5, 5.41) is 0. The highest BCUT2D eigenvalue weighted by molar-refractivity contribution is 7.93. The molecule has 1 fully saturated rings. The van der Waals surface area contributed by atoms with Gasteiger partial charge in [0.15, 0.2) is 14.6 Å². The van der Waals surface area contributed by atoms with Gasteiger partial charge in [0.1, 0.15) is 5.75 Å². The zero-order valence-corrected chi connectivity index (χ0v) is 18.1. The quantitative estimate of drug-likeness (QED) is 0.514. The van der Waals surface area contributed by atoms with E-state index in [1.807, 2.05) is 13.8 Å². The molecule has 160 valence electrons. The Labute approximate surface area is 168 Å². The van der Waals surface area contributed by atoms with Crippen LogP contribution in [0.5, 0.6) is 5.75 Å². The summed E-state index contributed by atoms with van der Waals surface area (Å²) in [4.78, 5) is 12.8. The molecule has 0 saturated carbocycles. The Hall–Kier alpha value is -1.64. The van der Waals surface area contributed by atoms with Crippen LogP contribution in [0.3, 0.4) is 0 Å². The van der Waals surface area contributed by atoms with Crippen LogP contribution in [0.4, 0.5) is 0 Å². The van der Waals surface area contributed by atoms with Gasteiger partial charge >= 0.3 is 5.97 Å². The Kier molecular flexibility index (Phi) is 9.92. The monoisotopic (exact) mass is 415 g/mol. The van der Waals surface area contributed by atoms with Crippen molar-refractivity contribution in [2.24, 2.45) is 5.73 Å². The van der Waals surface area contributed by atoms with Crippen molar-refractivity contribution in [3.8, 4) is 5.75 Å².